The first-order valence-corrected chi connectivity index (χ1v) is 12.4. The van der Waals surface area contributed by atoms with Crippen molar-refractivity contribution < 1.29 is 8.42 Å². The number of benzene rings is 2. The lowest BCUT2D eigenvalue weighted by atomic mass is 9.96. The van der Waals surface area contributed by atoms with E-state index < -0.39 is 10.0 Å². The van der Waals surface area contributed by atoms with Gasteiger partial charge in [-0.2, -0.15) is 0 Å². The molecule has 2 aliphatic rings. The summed E-state index contributed by atoms with van der Waals surface area (Å²) in [4.78, 5) is 2.60. The maximum Gasteiger partial charge on any atom is 0.238 e. The second kappa shape index (κ2) is 9.58. The first-order chi connectivity index (χ1) is 14.9. The van der Waals surface area contributed by atoms with E-state index in [1.165, 1.54) is 5.56 Å². The van der Waals surface area contributed by atoms with Gasteiger partial charge in [-0.3, -0.25) is 9.91 Å². The monoisotopic (exact) mass is 461 g/mol. The number of hydrogen-bond acceptors (Lipinski definition) is 6. The van der Waals surface area contributed by atoms with E-state index in [9.17, 15) is 8.42 Å². The first-order valence-electron chi connectivity index (χ1n) is 10.4. The van der Waals surface area contributed by atoms with Crippen molar-refractivity contribution in [1.82, 2.24) is 20.5 Å². The summed E-state index contributed by atoms with van der Waals surface area (Å²) >= 11 is 6.31. The van der Waals surface area contributed by atoms with Crippen LogP contribution < -0.4 is 10.6 Å². The first kappa shape index (κ1) is 22.1. The fourth-order valence-corrected chi connectivity index (χ4v) is 4.78. The van der Waals surface area contributed by atoms with Crippen LogP contribution in [0.15, 0.2) is 65.8 Å². The molecule has 4 rings (SSSR count). The van der Waals surface area contributed by atoms with Crippen LogP contribution in [0.5, 0.6) is 0 Å². The van der Waals surface area contributed by atoms with Gasteiger partial charge in [-0.05, 0) is 61.2 Å². The Hall–Kier alpha value is -2.10. The zero-order valence-corrected chi connectivity index (χ0v) is 18.9. The van der Waals surface area contributed by atoms with Crippen molar-refractivity contribution in [2.24, 2.45) is 11.1 Å². The molecule has 166 valence electrons. The molecule has 2 heterocycles. The molecule has 0 amide bonds. The van der Waals surface area contributed by atoms with Gasteiger partial charge in [-0.25, -0.2) is 13.6 Å². The number of primary sulfonamides is 1. The Morgan fingerprint density at radius 3 is 2.42 bits per heavy atom. The number of piperidine rings is 1. The molecular weight excluding hydrogens is 434 g/mol. The molecule has 0 radical (unpaired) electrons. The number of sulfonamides is 1. The van der Waals surface area contributed by atoms with Crippen LogP contribution in [0, 0.1) is 5.92 Å². The van der Waals surface area contributed by atoms with Gasteiger partial charge < -0.3 is 5.43 Å². The van der Waals surface area contributed by atoms with Crippen LogP contribution in [0.1, 0.15) is 24.0 Å². The predicted octanol–water partition coefficient (Wildman–Crippen LogP) is 2.91. The quantitative estimate of drug-likeness (QED) is 0.659. The number of nitrogens with two attached hydrogens (primary N) is 1. The van der Waals surface area contributed by atoms with Gasteiger partial charge in [0.2, 0.25) is 10.0 Å². The summed E-state index contributed by atoms with van der Waals surface area (Å²) in [6.45, 7) is 4.60. The van der Waals surface area contributed by atoms with Crippen LogP contribution in [-0.2, 0) is 23.1 Å². The van der Waals surface area contributed by atoms with Crippen molar-refractivity contribution in [3.63, 3.8) is 0 Å². The van der Waals surface area contributed by atoms with E-state index in [2.05, 4.69) is 27.6 Å². The second-order valence-electron chi connectivity index (χ2n) is 8.12. The molecule has 31 heavy (non-hydrogen) atoms. The summed E-state index contributed by atoms with van der Waals surface area (Å²) in [7, 11) is -3.67. The minimum absolute atomic E-state index is 0.129. The van der Waals surface area contributed by atoms with Crippen LogP contribution in [0.25, 0.3) is 0 Å². The second-order valence-corrected chi connectivity index (χ2v) is 10.1. The highest BCUT2D eigenvalue weighted by Gasteiger charge is 2.25. The lowest BCUT2D eigenvalue weighted by Crippen LogP contribution is -2.45. The molecule has 0 aromatic heterocycles. The average molecular weight is 462 g/mol. The molecule has 1 saturated heterocycles. The molecule has 3 N–H and O–H groups in total. The Bertz CT molecular complexity index is 1020. The fraction of sp³-hybridized carbons (Fsp3) is 0.364. The fourth-order valence-electron chi connectivity index (χ4n) is 4.07. The smallest absolute Gasteiger partial charge is 0.238 e. The van der Waals surface area contributed by atoms with E-state index >= 15 is 0 Å². The van der Waals surface area contributed by atoms with Gasteiger partial charge in [0.1, 0.15) is 0 Å². The molecule has 0 aliphatic carbocycles. The van der Waals surface area contributed by atoms with Crippen LogP contribution >= 0.6 is 11.6 Å². The summed E-state index contributed by atoms with van der Waals surface area (Å²) in [5.74, 6) is 0.610. The lowest BCUT2D eigenvalue weighted by molar-refractivity contribution is -0.0206. The number of rotatable bonds is 7. The molecule has 2 aromatic carbocycles. The zero-order valence-electron chi connectivity index (χ0n) is 17.3. The molecule has 0 bridgehead atoms. The van der Waals surface area contributed by atoms with Gasteiger partial charge in [-0.15, -0.1) is 5.12 Å². The van der Waals surface area contributed by atoms with E-state index in [4.69, 9.17) is 16.7 Å². The summed E-state index contributed by atoms with van der Waals surface area (Å²) in [6.07, 6.45) is 6.26. The molecule has 1 fully saturated rings. The predicted molar refractivity (Wildman–Crippen MR) is 122 cm³/mol. The van der Waals surface area contributed by atoms with E-state index in [0.29, 0.717) is 12.5 Å². The highest BCUT2D eigenvalue weighted by atomic mass is 35.5. The molecule has 0 saturated carbocycles. The van der Waals surface area contributed by atoms with Crippen molar-refractivity contribution in [3.05, 3.63) is 77.1 Å². The Morgan fingerprint density at radius 2 is 1.74 bits per heavy atom. The molecule has 0 atom stereocenters. The molecule has 2 aliphatic heterocycles. The van der Waals surface area contributed by atoms with Crippen LogP contribution in [0.4, 0.5) is 0 Å². The molecule has 7 nitrogen and oxygen atoms in total. The van der Waals surface area contributed by atoms with Gasteiger partial charge >= 0.3 is 0 Å². The number of nitrogens with zero attached hydrogens (tertiary/aromatic N) is 3. The number of nitrogens with one attached hydrogen (secondary N) is 1. The minimum atomic E-state index is -3.67. The van der Waals surface area contributed by atoms with E-state index in [-0.39, 0.29) is 4.90 Å². The summed E-state index contributed by atoms with van der Waals surface area (Å²) in [5, 5.41) is 10.3. The van der Waals surface area contributed by atoms with Gasteiger partial charge in [0, 0.05) is 30.5 Å². The van der Waals surface area contributed by atoms with Gasteiger partial charge in [0.25, 0.3) is 0 Å². The maximum atomic E-state index is 11.4. The summed E-state index contributed by atoms with van der Waals surface area (Å²) in [6, 6.07) is 14.8. The van der Waals surface area contributed by atoms with E-state index in [0.717, 1.165) is 49.6 Å². The van der Waals surface area contributed by atoms with Gasteiger partial charge in [0.15, 0.2) is 0 Å². The number of likely N-dealkylation sites (tertiary alicyclic amines) is 1. The number of hydrogen-bond donors (Lipinski definition) is 2. The highest BCUT2D eigenvalue weighted by Crippen LogP contribution is 2.24. The standard InChI is InChI=1S/C22H28ClN5O2S/c23-22-4-2-1-3-20(22)17-26-12-9-19(10-13-26)15-27-14-11-25-28(27)16-18-5-7-21(8-6-18)31(24,29)30/h1-8,11,14,19,25H,9-10,12-13,15-17H2,(H2,24,29,30). The van der Waals surface area contributed by atoms with Crippen LogP contribution in [0.2, 0.25) is 5.02 Å². The normalized spacial score (nSPS) is 18.5. The molecule has 9 heteroatoms. The largest absolute Gasteiger partial charge is 0.307 e. The third-order valence-corrected chi connectivity index (χ3v) is 7.17. The lowest BCUT2D eigenvalue weighted by Gasteiger charge is -2.36. The number of halogens is 1. The number of hydrazine groups is 2. The third kappa shape index (κ3) is 5.78. The zero-order chi connectivity index (χ0) is 21.8. The summed E-state index contributed by atoms with van der Waals surface area (Å²) < 4.78 is 22.9. The van der Waals surface area contributed by atoms with Crippen molar-refractivity contribution >= 4 is 21.6 Å². The van der Waals surface area contributed by atoms with Crippen molar-refractivity contribution in [2.45, 2.75) is 30.8 Å². The molecule has 0 spiro atoms. The minimum Gasteiger partial charge on any atom is -0.307 e. The SMILES string of the molecule is NS(=O)(=O)c1ccc(CN2NC=CN2CC2CCN(Cc3ccccc3Cl)CC2)cc1. The highest BCUT2D eigenvalue weighted by molar-refractivity contribution is 7.89. The van der Waals surface area contributed by atoms with Crippen LogP contribution in [-0.4, -0.2) is 43.1 Å². The van der Waals surface area contributed by atoms with Gasteiger partial charge in [0.05, 0.1) is 11.4 Å². The molecule has 2 aromatic rings. The average Bonchev–Trinajstić information content (AvgIpc) is 3.17. The van der Waals surface area contributed by atoms with Crippen molar-refractivity contribution in [2.75, 3.05) is 19.6 Å². The third-order valence-electron chi connectivity index (χ3n) is 5.87. The molecular formula is C22H28ClN5O2S. The Labute approximate surface area is 189 Å². The van der Waals surface area contributed by atoms with E-state index in [1.54, 1.807) is 24.3 Å². The Balaban J connectivity index is 1.27. The summed E-state index contributed by atoms with van der Waals surface area (Å²) in [5.41, 5.74) is 5.44. The maximum absolute atomic E-state index is 11.4. The van der Waals surface area contributed by atoms with E-state index in [1.807, 2.05) is 29.5 Å². The van der Waals surface area contributed by atoms with Crippen LogP contribution in [0.3, 0.4) is 0 Å². The molecule has 0 unspecified atom stereocenters. The van der Waals surface area contributed by atoms with Gasteiger partial charge in [-0.1, -0.05) is 41.9 Å². The Morgan fingerprint density at radius 1 is 1.03 bits per heavy atom. The van der Waals surface area contributed by atoms with Crippen molar-refractivity contribution in [1.29, 1.82) is 0 Å². The van der Waals surface area contributed by atoms with Crippen molar-refractivity contribution in [3.8, 4) is 0 Å². The Kier molecular flexibility index (Phi) is 6.83. The topological polar surface area (TPSA) is 81.9 Å².